The van der Waals surface area contributed by atoms with Gasteiger partial charge < -0.3 is 4.74 Å². The number of allylic oxidation sites excluding steroid dienone is 1. The molecule has 0 radical (unpaired) electrons. The van der Waals surface area contributed by atoms with Crippen LogP contribution in [0.15, 0.2) is 11.3 Å². The second-order valence-corrected chi connectivity index (χ2v) is 3.78. The molecule has 1 aliphatic rings. The third kappa shape index (κ3) is 2.41. The summed E-state index contributed by atoms with van der Waals surface area (Å²) in [5.74, 6) is -0.467. The van der Waals surface area contributed by atoms with Gasteiger partial charge in [0.05, 0.1) is 27.2 Å². The Hall–Kier alpha value is -1.36. The average molecular weight is 227 g/mol. The monoisotopic (exact) mass is 227 g/mol. The van der Waals surface area contributed by atoms with Crippen LogP contribution < -0.4 is 0 Å². The standard InChI is InChI=1S/C11H17NO4/c1-7-11(8(2)13)9(5-10(14)15-3)6-12(7)16-4/h9H,5-6H2,1-4H3. The van der Waals surface area contributed by atoms with Gasteiger partial charge in [-0.15, -0.1) is 0 Å². The summed E-state index contributed by atoms with van der Waals surface area (Å²) in [6.07, 6.45) is 0.211. The molecule has 0 aliphatic carbocycles. The lowest BCUT2D eigenvalue weighted by molar-refractivity contribution is -0.142. The Bertz CT molecular complexity index is 335. The highest BCUT2D eigenvalue weighted by molar-refractivity contribution is 5.95. The lowest BCUT2D eigenvalue weighted by Gasteiger charge is -2.16. The van der Waals surface area contributed by atoms with Crippen molar-refractivity contribution in [2.45, 2.75) is 20.3 Å². The molecule has 0 aromatic rings. The van der Waals surface area contributed by atoms with Gasteiger partial charge in [-0.1, -0.05) is 0 Å². The molecule has 0 fully saturated rings. The first-order valence-corrected chi connectivity index (χ1v) is 5.11. The van der Waals surface area contributed by atoms with Crippen LogP contribution in [0.1, 0.15) is 20.3 Å². The van der Waals surface area contributed by atoms with Crippen molar-refractivity contribution in [2.75, 3.05) is 20.8 Å². The van der Waals surface area contributed by atoms with Crippen molar-refractivity contribution >= 4 is 11.8 Å². The Kier molecular flexibility index (Phi) is 4.06. The van der Waals surface area contributed by atoms with Crippen LogP contribution in [0.25, 0.3) is 0 Å². The van der Waals surface area contributed by atoms with Crippen molar-refractivity contribution in [3.63, 3.8) is 0 Å². The first-order chi connectivity index (χ1) is 7.51. The van der Waals surface area contributed by atoms with Gasteiger partial charge in [0.2, 0.25) is 0 Å². The Morgan fingerprint density at radius 3 is 2.50 bits per heavy atom. The van der Waals surface area contributed by atoms with E-state index in [1.54, 1.807) is 12.2 Å². The summed E-state index contributed by atoms with van der Waals surface area (Å²) in [6, 6.07) is 0. The topological polar surface area (TPSA) is 55.8 Å². The number of hydroxylamine groups is 2. The summed E-state index contributed by atoms with van der Waals surface area (Å²) in [7, 11) is 2.89. The predicted molar refractivity (Wildman–Crippen MR) is 57.2 cm³/mol. The summed E-state index contributed by atoms with van der Waals surface area (Å²) >= 11 is 0. The molecule has 0 saturated carbocycles. The van der Waals surface area contributed by atoms with Gasteiger partial charge in [0.1, 0.15) is 0 Å². The van der Waals surface area contributed by atoms with Gasteiger partial charge in [0.15, 0.2) is 5.78 Å². The number of Topliss-reactive ketones (excluding diaryl/α,β-unsaturated/α-hetero) is 1. The fourth-order valence-corrected chi connectivity index (χ4v) is 2.06. The summed E-state index contributed by atoms with van der Waals surface area (Å²) in [5, 5.41) is 1.63. The normalized spacial score (nSPS) is 20.2. The zero-order chi connectivity index (χ0) is 12.3. The van der Waals surface area contributed by atoms with E-state index in [0.717, 1.165) is 5.70 Å². The van der Waals surface area contributed by atoms with Crippen LogP contribution >= 0.6 is 0 Å². The van der Waals surface area contributed by atoms with Crippen LogP contribution in [0.2, 0.25) is 0 Å². The Labute approximate surface area is 95.0 Å². The van der Waals surface area contributed by atoms with E-state index in [9.17, 15) is 9.59 Å². The third-order valence-corrected chi connectivity index (χ3v) is 2.80. The van der Waals surface area contributed by atoms with Gasteiger partial charge in [-0.2, -0.15) is 0 Å². The number of carbonyl (C=O) groups excluding carboxylic acids is 2. The fraction of sp³-hybridized carbons (Fsp3) is 0.636. The molecule has 0 saturated heterocycles. The van der Waals surface area contributed by atoms with Crippen LogP contribution in [-0.4, -0.2) is 37.6 Å². The Morgan fingerprint density at radius 1 is 1.44 bits per heavy atom. The zero-order valence-electron chi connectivity index (χ0n) is 10.1. The number of hydrogen-bond acceptors (Lipinski definition) is 5. The number of carbonyl (C=O) groups is 2. The zero-order valence-corrected chi connectivity index (χ0v) is 10.1. The van der Waals surface area contributed by atoms with Crippen molar-refractivity contribution in [2.24, 2.45) is 5.92 Å². The summed E-state index contributed by atoms with van der Waals surface area (Å²) < 4.78 is 4.61. The predicted octanol–water partition coefficient (Wildman–Crippen LogP) is 0.906. The van der Waals surface area contributed by atoms with Crippen molar-refractivity contribution in [1.82, 2.24) is 5.06 Å². The molecule has 1 atom stereocenters. The fourth-order valence-electron chi connectivity index (χ4n) is 2.06. The van der Waals surface area contributed by atoms with Crippen LogP contribution in [0.5, 0.6) is 0 Å². The highest BCUT2D eigenvalue weighted by atomic mass is 16.7. The van der Waals surface area contributed by atoms with E-state index in [2.05, 4.69) is 4.74 Å². The van der Waals surface area contributed by atoms with Crippen molar-refractivity contribution in [1.29, 1.82) is 0 Å². The first-order valence-electron chi connectivity index (χ1n) is 5.11. The van der Waals surface area contributed by atoms with E-state index in [-0.39, 0.29) is 24.1 Å². The SMILES string of the molecule is COC(=O)CC1CN(OC)C(C)=C1C(C)=O. The van der Waals surface area contributed by atoms with Crippen LogP contribution in [-0.2, 0) is 19.2 Å². The summed E-state index contributed by atoms with van der Waals surface area (Å²) in [6.45, 7) is 3.84. The number of rotatable bonds is 4. The molecule has 1 heterocycles. The lowest BCUT2D eigenvalue weighted by atomic mass is 9.94. The molecule has 1 unspecified atom stereocenters. The van der Waals surface area contributed by atoms with E-state index in [1.165, 1.54) is 14.0 Å². The van der Waals surface area contributed by atoms with E-state index in [1.807, 2.05) is 6.92 Å². The van der Waals surface area contributed by atoms with Crippen LogP contribution in [0, 0.1) is 5.92 Å². The smallest absolute Gasteiger partial charge is 0.306 e. The van der Waals surface area contributed by atoms with E-state index in [0.29, 0.717) is 12.1 Å². The van der Waals surface area contributed by atoms with E-state index in [4.69, 9.17) is 4.84 Å². The molecular formula is C11H17NO4. The average Bonchev–Trinajstić information content (AvgIpc) is 2.54. The third-order valence-electron chi connectivity index (χ3n) is 2.80. The molecule has 90 valence electrons. The maximum Gasteiger partial charge on any atom is 0.306 e. The van der Waals surface area contributed by atoms with Gasteiger partial charge in [-0.3, -0.25) is 19.5 Å². The van der Waals surface area contributed by atoms with Crippen LogP contribution in [0.3, 0.4) is 0 Å². The second kappa shape index (κ2) is 5.12. The number of nitrogens with zero attached hydrogens (tertiary/aromatic N) is 1. The van der Waals surface area contributed by atoms with Crippen molar-refractivity contribution in [3.8, 4) is 0 Å². The van der Waals surface area contributed by atoms with Gasteiger partial charge in [-0.05, 0) is 13.8 Å². The minimum Gasteiger partial charge on any atom is -0.469 e. The number of ketones is 1. The van der Waals surface area contributed by atoms with Crippen molar-refractivity contribution in [3.05, 3.63) is 11.3 Å². The van der Waals surface area contributed by atoms with E-state index >= 15 is 0 Å². The Morgan fingerprint density at radius 2 is 2.06 bits per heavy atom. The van der Waals surface area contributed by atoms with Gasteiger partial charge in [-0.25, -0.2) is 0 Å². The largest absolute Gasteiger partial charge is 0.469 e. The number of hydrogen-bond donors (Lipinski definition) is 0. The quantitative estimate of drug-likeness (QED) is 0.668. The van der Waals surface area contributed by atoms with Gasteiger partial charge in [0, 0.05) is 17.2 Å². The highest BCUT2D eigenvalue weighted by Gasteiger charge is 2.33. The molecule has 5 nitrogen and oxygen atoms in total. The molecule has 0 aromatic heterocycles. The minimum absolute atomic E-state index is 0.0223. The first kappa shape index (κ1) is 12.7. The van der Waals surface area contributed by atoms with E-state index < -0.39 is 0 Å². The maximum absolute atomic E-state index is 11.5. The highest BCUT2D eigenvalue weighted by Crippen LogP contribution is 2.31. The molecule has 5 heteroatoms. The summed E-state index contributed by atoms with van der Waals surface area (Å²) in [5.41, 5.74) is 1.44. The van der Waals surface area contributed by atoms with Gasteiger partial charge >= 0.3 is 5.97 Å². The molecule has 0 spiro atoms. The molecule has 0 aromatic carbocycles. The number of esters is 1. The number of methoxy groups -OCH3 is 1. The molecule has 0 N–H and O–H groups in total. The lowest BCUT2D eigenvalue weighted by Crippen LogP contribution is -2.22. The second-order valence-electron chi connectivity index (χ2n) is 3.78. The van der Waals surface area contributed by atoms with Gasteiger partial charge in [0.25, 0.3) is 0 Å². The molecule has 16 heavy (non-hydrogen) atoms. The number of ether oxygens (including phenoxy) is 1. The molecule has 0 amide bonds. The maximum atomic E-state index is 11.5. The molecule has 1 aliphatic heterocycles. The molecule has 0 bridgehead atoms. The van der Waals surface area contributed by atoms with Crippen LogP contribution in [0.4, 0.5) is 0 Å². The minimum atomic E-state index is -0.311. The molecular weight excluding hydrogens is 210 g/mol. The summed E-state index contributed by atoms with van der Waals surface area (Å²) in [4.78, 5) is 27.8. The van der Waals surface area contributed by atoms with Crippen molar-refractivity contribution < 1.29 is 19.2 Å². The Balaban J connectivity index is 2.88. The molecule has 1 rings (SSSR count).